The Morgan fingerprint density at radius 1 is 1.47 bits per heavy atom. The van der Waals surface area contributed by atoms with E-state index in [0.717, 1.165) is 13.0 Å². The molecule has 2 aliphatic rings. The molecule has 86 valence electrons. The van der Waals surface area contributed by atoms with Gasteiger partial charge in [-0.3, -0.25) is 4.79 Å². The molecule has 0 spiro atoms. The van der Waals surface area contributed by atoms with Crippen molar-refractivity contribution in [3.8, 4) is 0 Å². The van der Waals surface area contributed by atoms with Gasteiger partial charge in [0, 0.05) is 12.6 Å². The highest BCUT2D eigenvalue weighted by Gasteiger charge is 2.68. The van der Waals surface area contributed by atoms with Crippen molar-refractivity contribution < 1.29 is 14.3 Å². The van der Waals surface area contributed by atoms with Crippen LogP contribution in [-0.2, 0) is 14.3 Å². The zero-order chi connectivity index (χ0) is 10.9. The molecule has 0 unspecified atom stereocenters. The van der Waals surface area contributed by atoms with Crippen molar-refractivity contribution in [3.05, 3.63) is 0 Å². The molecule has 1 saturated heterocycles. The van der Waals surface area contributed by atoms with Crippen molar-refractivity contribution in [2.75, 3.05) is 26.4 Å². The zero-order valence-corrected chi connectivity index (χ0v) is 9.41. The van der Waals surface area contributed by atoms with Crippen molar-refractivity contribution >= 4 is 5.97 Å². The molecule has 0 bridgehead atoms. The van der Waals surface area contributed by atoms with E-state index >= 15 is 0 Å². The van der Waals surface area contributed by atoms with E-state index in [1.807, 2.05) is 13.8 Å². The third-order valence-corrected chi connectivity index (χ3v) is 3.53. The van der Waals surface area contributed by atoms with Crippen LogP contribution in [-0.4, -0.2) is 38.4 Å². The number of piperidine rings is 1. The molecule has 4 heteroatoms. The summed E-state index contributed by atoms with van der Waals surface area (Å²) >= 11 is 0. The number of hydrogen-bond donors (Lipinski definition) is 1. The SMILES string of the molecule is CCOC[C@H]1NC[C@@H]2C[C@@]21C(=O)OCC. The highest BCUT2D eigenvalue weighted by Crippen LogP contribution is 2.59. The van der Waals surface area contributed by atoms with Gasteiger partial charge < -0.3 is 14.8 Å². The first-order valence-electron chi connectivity index (χ1n) is 5.74. The minimum atomic E-state index is -0.259. The molecule has 0 aromatic heterocycles. The van der Waals surface area contributed by atoms with Crippen molar-refractivity contribution in [2.24, 2.45) is 11.3 Å². The molecule has 0 aromatic rings. The topological polar surface area (TPSA) is 47.6 Å². The Labute approximate surface area is 90.3 Å². The summed E-state index contributed by atoms with van der Waals surface area (Å²) in [6.07, 6.45) is 0.969. The number of rotatable bonds is 5. The van der Waals surface area contributed by atoms with Crippen LogP contribution in [0.2, 0.25) is 0 Å². The zero-order valence-electron chi connectivity index (χ0n) is 9.41. The first kappa shape index (κ1) is 10.9. The Morgan fingerprint density at radius 2 is 2.27 bits per heavy atom. The van der Waals surface area contributed by atoms with Crippen molar-refractivity contribution in [1.29, 1.82) is 0 Å². The van der Waals surface area contributed by atoms with E-state index in [9.17, 15) is 4.79 Å². The summed E-state index contributed by atoms with van der Waals surface area (Å²) in [5.74, 6) is 0.437. The third-order valence-electron chi connectivity index (χ3n) is 3.53. The molecule has 4 nitrogen and oxygen atoms in total. The Balaban J connectivity index is 1.97. The molecule has 2 rings (SSSR count). The maximum atomic E-state index is 11.9. The molecule has 0 amide bonds. The van der Waals surface area contributed by atoms with E-state index in [0.29, 0.717) is 25.7 Å². The summed E-state index contributed by atoms with van der Waals surface area (Å²) < 4.78 is 10.5. The minimum Gasteiger partial charge on any atom is -0.466 e. The summed E-state index contributed by atoms with van der Waals surface area (Å²) in [5.41, 5.74) is -0.259. The van der Waals surface area contributed by atoms with Gasteiger partial charge in [0.15, 0.2) is 0 Å². The Kier molecular flexibility index (Phi) is 2.98. The molecule has 0 aromatic carbocycles. The van der Waals surface area contributed by atoms with Crippen LogP contribution < -0.4 is 5.32 Å². The van der Waals surface area contributed by atoms with Crippen LogP contribution in [0.15, 0.2) is 0 Å². The van der Waals surface area contributed by atoms with Crippen molar-refractivity contribution in [1.82, 2.24) is 5.32 Å². The first-order valence-corrected chi connectivity index (χ1v) is 5.74. The average molecular weight is 213 g/mol. The smallest absolute Gasteiger partial charge is 0.314 e. The molecule has 2 fully saturated rings. The van der Waals surface area contributed by atoms with E-state index in [1.165, 1.54) is 0 Å². The second kappa shape index (κ2) is 4.10. The summed E-state index contributed by atoms with van der Waals surface area (Å²) in [6, 6.07) is 0.154. The normalized spacial score (nSPS) is 37.5. The standard InChI is InChI=1S/C11H19NO3/c1-3-14-7-9-11(10(13)15-4-2)5-8(11)6-12-9/h8-9,12H,3-7H2,1-2H3/t8-,9+,11+/m0/s1. The van der Waals surface area contributed by atoms with Crippen molar-refractivity contribution in [3.63, 3.8) is 0 Å². The summed E-state index contributed by atoms with van der Waals surface area (Å²) in [6.45, 7) is 6.53. The lowest BCUT2D eigenvalue weighted by Gasteiger charge is -2.21. The van der Waals surface area contributed by atoms with Gasteiger partial charge in [-0.15, -0.1) is 0 Å². The predicted octanol–water partition coefficient (Wildman–Crippen LogP) is 0.564. The monoisotopic (exact) mass is 213 g/mol. The van der Waals surface area contributed by atoms with Gasteiger partial charge in [0.1, 0.15) is 0 Å². The van der Waals surface area contributed by atoms with E-state index in [-0.39, 0.29) is 17.4 Å². The molecule has 1 saturated carbocycles. The second-order valence-electron chi connectivity index (χ2n) is 4.28. The first-order chi connectivity index (χ1) is 7.25. The average Bonchev–Trinajstić information content (AvgIpc) is 2.87. The van der Waals surface area contributed by atoms with E-state index in [2.05, 4.69) is 5.32 Å². The number of nitrogens with one attached hydrogen (secondary N) is 1. The Hall–Kier alpha value is -0.610. The van der Waals surface area contributed by atoms with Crippen LogP contribution in [0, 0.1) is 11.3 Å². The molecule has 15 heavy (non-hydrogen) atoms. The molecule has 3 atom stereocenters. The van der Waals surface area contributed by atoms with Gasteiger partial charge in [0.25, 0.3) is 0 Å². The van der Waals surface area contributed by atoms with Gasteiger partial charge in [-0.1, -0.05) is 0 Å². The molecule has 1 aliphatic carbocycles. The van der Waals surface area contributed by atoms with Crippen LogP contribution in [0.3, 0.4) is 0 Å². The number of fused-ring (bicyclic) bond motifs is 1. The van der Waals surface area contributed by atoms with Crippen LogP contribution in [0.1, 0.15) is 20.3 Å². The van der Waals surface area contributed by atoms with Gasteiger partial charge in [-0.2, -0.15) is 0 Å². The van der Waals surface area contributed by atoms with Gasteiger partial charge in [-0.05, 0) is 32.7 Å². The highest BCUT2D eigenvalue weighted by molar-refractivity contribution is 5.82. The number of esters is 1. The molecular weight excluding hydrogens is 194 g/mol. The lowest BCUT2D eigenvalue weighted by molar-refractivity contribution is -0.151. The largest absolute Gasteiger partial charge is 0.466 e. The molecule has 1 aliphatic heterocycles. The quantitative estimate of drug-likeness (QED) is 0.678. The number of carbonyl (C=O) groups excluding carboxylic acids is 1. The fourth-order valence-corrected chi connectivity index (χ4v) is 2.60. The van der Waals surface area contributed by atoms with Crippen LogP contribution >= 0.6 is 0 Å². The summed E-state index contributed by atoms with van der Waals surface area (Å²) in [5, 5.41) is 3.35. The maximum absolute atomic E-state index is 11.9. The fraction of sp³-hybridized carbons (Fsp3) is 0.909. The van der Waals surface area contributed by atoms with E-state index in [4.69, 9.17) is 9.47 Å². The fourth-order valence-electron chi connectivity index (χ4n) is 2.60. The lowest BCUT2D eigenvalue weighted by Crippen LogP contribution is -2.41. The number of hydrogen-bond acceptors (Lipinski definition) is 4. The molecule has 1 heterocycles. The molecular formula is C11H19NO3. The number of carbonyl (C=O) groups is 1. The van der Waals surface area contributed by atoms with E-state index < -0.39 is 0 Å². The van der Waals surface area contributed by atoms with Crippen LogP contribution in [0.25, 0.3) is 0 Å². The lowest BCUT2D eigenvalue weighted by atomic mass is 9.97. The number of ether oxygens (including phenoxy) is 2. The van der Waals surface area contributed by atoms with Crippen molar-refractivity contribution in [2.45, 2.75) is 26.3 Å². The van der Waals surface area contributed by atoms with E-state index in [1.54, 1.807) is 0 Å². The Morgan fingerprint density at radius 3 is 2.87 bits per heavy atom. The minimum absolute atomic E-state index is 0.0373. The highest BCUT2D eigenvalue weighted by atomic mass is 16.5. The van der Waals surface area contributed by atoms with Crippen LogP contribution in [0.4, 0.5) is 0 Å². The summed E-state index contributed by atoms with van der Waals surface area (Å²) in [7, 11) is 0. The van der Waals surface area contributed by atoms with Gasteiger partial charge in [-0.25, -0.2) is 0 Å². The van der Waals surface area contributed by atoms with Gasteiger partial charge >= 0.3 is 5.97 Å². The second-order valence-corrected chi connectivity index (χ2v) is 4.28. The molecule has 1 N–H and O–H groups in total. The Bertz CT molecular complexity index is 256. The predicted molar refractivity (Wildman–Crippen MR) is 55.5 cm³/mol. The van der Waals surface area contributed by atoms with Crippen LogP contribution in [0.5, 0.6) is 0 Å². The third kappa shape index (κ3) is 1.66. The van der Waals surface area contributed by atoms with Gasteiger partial charge in [0.05, 0.1) is 18.6 Å². The maximum Gasteiger partial charge on any atom is 0.314 e. The molecule has 0 radical (unpaired) electrons. The summed E-state index contributed by atoms with van der Waals surface area (Å²) in [4.78, 5) is 11.9. The van der Waals surface area contributed by atoms with Gasteiger partial charge in [0.2, 0.25) is 0 Å².